The van der Waals surface area contributed by atoms with Crippen molar-refractivity contribution >= 4 is 17.3 Å². The maximum atomic E-state index is 11.6. The van der Waals surface area contributed by atoms with Crippen molar-refractivity contribution in [3.8, 4) is 11.3 Å². The second kappa shape index (κ2) is 6.45. The molecule has 0 amide bonds. The molecule has 3 aromatic rings. The molecule has 2 aromatic heterocycles. The van der Waals surface area contributed by atoms with Gasteiger partial charge in [-0.1, -0.05) is 6.07 Å². The first-order chi connectivity index (χ1) is 11.2. The maximum absolute atomic E-state index is 11.6. The van der Waals surface area contributed by atoms with E-state index in [4.69, 9.17) is 5.11 Å². The van der Waals surface area contributed by atoms with Crippen LogP contribution in [0.5, 0.6) is 0 Å². The van der Waals surface area contributed by atoms with Crippen LogP contribution < -0.4 is 5.32 Å². The molecule has 3 rings (SSSR count). The molecule has 1 aromatic carbocycles. The average molecular weight is 312 g/mol. The Hall–Kier alpha value is -2.93. The van der Waals surface area contributed by atoms with Crippen LogP contribution in [0, 0.1) is 0 Å². The van der Waals surface area contributed by atoms with E-state index in [9.17, 15) is 9.90 Å². The van der Waals surface area contributed by atoms with E-state index in [1.54, 1.807) is 41.2 Å². The molecule has 0 bridgehead atoms. The van der Waals surface area contributed by atoms with Crippen LogP contribution in [0.2, 0.25) is 0 Å². The minimum Gasteiger partial charge on any atom is -0.478 e. The Morgan fingerprint density at radius 1 is 1.26 bits per heavy atom. The molecule has 0 atom stereocenters. The summed E-state index contributed by atoms with van der Waals surface area (Å²) >= 11 is 0. The van der Waals surface area contributed by atoms with Gasteiger partial charge in [-0.05, 0) is 30.7 Å². The standard InChI is InChI=1S/C16H16N4O3/c21-9-3-7-17-12-5-1-4-11(16(22)23)15(12)13-10-18-14-6-2-8-19-20(13)14/h1-2,4-6,8,10,17,21H,3,7,9H2,(H,22,23). The van der Waals surface area contributed by atoms with Crippen LogP contribution >= 0.6 is 0 Å². The number of rotatable bonds is 6. The lowest BCUT2D eigenvalue weighted by Gasteiger charge is -2.13. The van der Waals surface area contributed by atoms with Crippen LogP contribution in [0.1, 0.15) is 16.8 Å². The molecule has 7 heteroatoms. The number of nitrogens with one attached hydrogen (secondary N) is 1. The van der Waals surface area contributed by atoms with Gasteiger partial charge < -0.3 is 15.5 Å². The molecule has 0 aliphatic rings. The number of carboxylic acid groups (broad SMARTS) is 1. The molecule has 2 heterocycles. The maximum Gasteiger partial charge on any atom is 0.336 e. The van der Waals surface area contributed by atoms with Gasteiger partial charge in [0.15, 0.2) is 5.65 Å². The average Bonchev–Trinajstić information content (AvgIpc) is 2.98. The first-order valence-electron chi connectivity index (χ1n) is 7.22. The van der Waals surface area contributed by atoms with Crippen molar-refractivity contribution in [3.63, 3.8) is 0 Å². The van der Waals surface area contributed by atoms with E-state index in [1.165, 1.54) is 0 Å². The summed E-state index contributed by atoms with van der Waals surface area (Å²) in [6.07, 6.45) is 3.81. The number of anilines is 1. The fourth-order valence-corrected chi connectivity index (χ4v) is 2.46. The minimum absolute atomic E-state index is 0.0676. The zero-order valence-electron chi connectivity index (χ0n) is 12.3. The van der Waals surface area contributed by atoms with Crippen molar-refractivity contribution in [1.29, 1.82) is 0 Å². The second-order valence-corrected chi connectivity index (χ2v) is 4.97. The van der Waals surface area contributed by atoms with Gasteiger partial charge in [-0.2, -0.15) is 5.10 Å². The Morgan fingerprint density at radius 2 is 2.13 bits per heavy atom. The molecule has 0 aliphatic carbocycles. The number of hydrogen-bond donors (Lipinski definition) is 3. The normalized spacial score (nSPS) is 10.8. The molecule has 0 saturated carbocycles. The molecule has 0 spiro atoms. The summed E-state index contributed by atoms with van der Waals surface area (Å²) in [6.45, 7) is 0.606. The number of aliphatic hydroxyl groups is 1. The molecule has 3 N–H and O–H groups in total. The Balaban J connectivity index is 2.17. The molecule has 0 radical (unpaired) electrons. The first-order valence-corrected chi connectivity index (χ1v) is 7.22. The molecular weight excluding hydrogens is 296 g/mol. The molecule has 0 fully saturated rings. The third-order valence-corrected chi connectivity index (χ3v) is 3.48. The predicted octanol–water partition coefficient (Wildman–Crippen LogP) is 1.89. The zero-order valence-corrected chi connectivity index (χ0v) is 12.3. The molecular formula is C16H16N4O3. The van der Waals surface area contributed by atoms with Gasteiger partial charge >= 0.3 is 5.97 Å². The number of imidazole rings is 1. The van der Waals surface area contributed by atoms with Crippen LogP contribution in [0.4, 0.5) is 5.69 Å². The first kappa shape index (κ1) is 15.0. The van der Waals surface area contributed by atoms with Crippen LogP contribution in [-0.2, 0) is 0 Å². The van der Waals surface area contributed by atoms with Crippen molar-refractivity contribution in [2.24, 2.45) is 0 Å². The Morgan fingerprint density at radius 3 is 2.91 bits per heavy atom. The highest BCUT2D eigenvalue weighted by Gasteiger charge is 2.19. The third-order valence-electron chi connectivity index (χ3n) is 3.48. The SMILES string of the molecule is O=C(O)c1cccc(NCCCO)c1-c1cnc2cccnn12. The lowest BCUT2D eigenvalue weighted by molar-refractivity contribution is 0.0697. The highest BCUT2D eigenvalue weighted by atomic mass is 16.4. The van der Waals surface area contributed by atoms with Crippen molar-refractivity contribution in [2.45, 2.75) is 6.42 Å². The molecule has 7 nitrogen and oxygen atoms in total. The quantitative estimate of drug-likeness (QED) is 0.601. The molecule has 0 aliphatic heterocycles. The van der Waals surface area contributed by atoms with Crippen LogP contribution in [0.15, 0.2) is 42.7 Å². The Bertz CT molecular complexity index is 844. The van der Waals surface area contributed by atoms with Crippen LogP contribution in [0.25, 0.3) is 16.9 Å². The number of fused-ring (bicyclic) bond motifs is 1. The number of benzene rings is 1. The summed E-state index contributed by atoms with van der Waals surface area (Å²) in [4.78, 5) is 15.9. The number of nitrogens with zero attached hydrogens (tertiary/aromatic N) is 3. The highest BCUT2D eigenvalue weighted by molar-refractivity contribution is 5.99. The molecule has 23 heavy (non-hydrogen) atoms. The summed E-state index contributed by atoms with van der Waals surface area (Å²) in [5.41, 5.74) is 2.62. The monoisotopic (exact) mass is 312 g/mol. The van der Waals surface area contributed by atoms with Crippen molar-refractivity contribution in [1.82, 2.24) is 14.6 Å². The Labute approximate surface area is 132 Å². The van der Waals surface area contributed by atoms with Gasteiger partial charge in [-0.3, -0.25) is 0 Å². The molecule has 118 valence electrons. The van der Waals surface area contributed by atoms with Gasteiger partial charge in [-0.25, -0.2) is 14.3 Å². The number of aromatic carboxylic acids is 1. The van der Waals surface area contributed by atoms with E-state index < -0.39 is 5.97 Å². The van der Waals surface area contributed by atoms with Gasteiger partial charge in [0, 0.05) is 30.6 Å². The fraction of sp³-hybridized carbons (Fsp3) is 0.188. The van der Waals surface area contributed by atoms with E-state index in [2.05, 4.69) is 15.4 Å². The predicted molar refractivity (Wildman–Crippen MR) is 85.6 cm³/mol. The zero-order chi connectivity index (χ0) is 16.2. The summed E-state index contributed by atoms with van der Waals surface area (Å²) in [6, 6.07) is 8.62. The van der Waals surface area contributed by atoms with E-state index in [0.717, 1.165) is 0 Å². The van der Waals surface area contributed by atoms with Crippen molar-refractivity contribution in [3.05, 3.63) is 48.3 Å². The van der Waals surface area contributed by atoms with E-state index >= 15 is 0 Å². The highest BCUT2D eigenvalue weighted by Crippen LogP contribution is 2.32. The third kappa shape index (κ3) is 2.86. The summed E-state index contributed by atoms with van der Waals surface area (Å²) in [5.74, 6) is -1.02. The second-order valence-electron chi connectivity index (χ2n) is 4.97. The van der Waals surface area contributed by atoms with Crippen LogP contribution in [0.3, 0.4) is 0 Å². The van der Waals surface area contributed by atoms with Gasteiger partial charge in [0.1, 0.15) is 0 Å². The van der Waals surface area contributed by atoms with E-state index in [1.807, 2.05) is 6.07 Å². The lowest BCUT2D eigenvalue weighted by Crippen LogP contribution is -2.09. The minimum atomic E-state index is -1.02. The summed E-state index contributed by atoms with van der Waals surface area (Å²) in [7, 11) is 0. The van der Waals surface area contributed by atoms with Crippen molar-refractivity contribution < 1.29 is 15.0 Å². The van der Waals surface area contributed by atoms with Crippen LogP contribution in [-0.4, -0.2) is 43.9 Å². The number of aliphatic hydroxyl groups excluding tert-OH is 1. The van der Waals surface area contributed by atoms with Gasteiger partial charge in [-0.15, -0.1) is 0 Å². The number of hydrogen-bond acceptors (Lipinski definition) is 5. The smallest absolute Gasteiger partial charge is 0.336 e. The number of carbonyl (C=O) groups is 1. The van der Waals surface area contributed by atoms with E-state index in [0.29, 0.717) is 35.6 Å². The van der Waals surface area contributed by atoms with Gasteiger partial charge in [0.25, 0.3) is 0 Å². The number of carboxylic acids is 1. The lowest BCUT2D eigenvalue weighted by atomic mass is 10.0. The Kier molecular flexibility index (Phi) is 4.20. The summed E-state index contributed by atoms with van der Waals surface area (Å²) in [5, 5.41) is 25.9. The topological polar surface area (TPSA) is 99.8 Å². The largest absolute Gasteiger partial charge is 0.478 e. The summed E-state index contributed by atoms with van der Waals surface area (Å²) < 4.78 is 1.61. The van der Waals surface area contributed by atoms with Crippen molar-refractivity contribution in [2.75, 3.05) is 18.5 Å². The fourth-order valence-electron chi connectivity index (χ4n) is 2.46. The van der Waals surface area contributed by atoms with Gasteiger partial charge in [0.2, 0.25) is 0 Å². The van der Waals surface area contributed by atoms with Gasteiger partial charge in [0.05, 0.1) is 17.5 Å². The molecule has 0 unspecified atom stereocenters. The molecule has 0 saturated heterocycles. The number of aromatic nitrogens is 3. The van der Waals surface area contributed by atoms with E-state index in [-0.39, 0.29) is 12.2 Å².